The maximum atomic E-state index is 5.26. The van der Waals surface area contributed by atoms with Crippen LogP contribution >= 0.6 is 11.6 Å². The highest BCUT2D eigenvalue weighted by atomic mass is 35.5. The van der Waals surface area contributed by atoms with Crippen molar-refractivity contribution in [2.45, 2.75) is 0 Å². The van der Waals surface area contributed by atoms with Crippen LogP contribution in [0, 0.1) is 0 Å². The zero-order valence-electron chi connectivity index (χ0n) is 4.16. The Bertz CT molecular complexity index is 167. The fourth-order valence-electron chi connectivity index (χ4n) is 0.423. The van der Waals surface area contributed by atoms with Crippen molar-refractivity contribution in [1.29, 1.82) is 0 Å². The molecule has 0 atom stereocenters. The van der Waals surface area contributed by atoms with E-state index >= 15 is 0 Å². The van der Waals surface area contributed by atoms with Gasteiger partial charge in [-0.05, 0) is 0 Å². The Kier molecular flexibility index (Phi) is 1.70. The maximum Gasteiger partial charge on any atom is 0.0987 e. The molecule has 0 aliphatic heterocycles. The summed E-state index contributed by atoms with van der Waals surface area (Å²) in [7, 11) is 0. The molecule has 1 heterocycles. The number of halogens is 1. The topological polar surface area (TPSA) is 17.8 Å². The van der Waals surface area contributed by atoms with Gasteiger partial charge in [-0.15, -0.1) is 0 Å². The van der Waals surface area contributed by atoms with Crippen molar-refractivity contribution in [3.05, 3.63) is 24.3 Å². The molecule has 0 N–H and O–H groups in total. The number of rotatable bonds is 1. The quantitative estimate of drug-likeness (QED) is 0.561. The second-order valence-corrected chi connectivity index (χ2v) is 1.54. The van der Waals surface area contributed by atoms with E-state index in [1.807, 2.05) is 0 Å². The number of imidazole rings is 1. The van der Waals surface area contributed by atoms with Crippen molar-refractivity contribution in [1.82, 2.24) is 9.55 Å². The van der Waals surface area contributed by atoms with Crippen molar-refractivity contribution in [3.8, 4) is 0 Å². The van der Waals surface area contributed by atoms with Gasteiger partial charge in [-0.3, -0.25) is 0 Å². The van der Waals surface area contributed by atoms with Gasteiger partial charge in [0, 0.05) is 24.1 Å². The van der Waals surface area contributed by atoms with Gasteiger partial charge in [0.2, 0.25) is 0 Å². The van der Waals surface area contributed by atoms with Gasteiger partial charge in [-0.1, -0.05) is 11.6 Å². The molecule has 0 saturated heterocycles. The third-order valence-electron chi connectivity index (χ3n) is 0.753. The van der Waals surface area contributed by atoms with E-state index in [-0.39, 0.29) is 0 Å². The minimum absolute atomic E-state index is 1.43. The average molecular weight is 129 g/mol. The molecule has 42 valence electrons. The molecule has 0 saturated carbocycles. The molecule has 1 rings (SSSR count). The first-order chi connectivity index (χ1) is 3.93. The normalized spacial score (nSPS) is 10.6. The maximum absolute atomic E-state index is 5.26. The molecule has 0 bridgehead atoms. The van der Waals surface area contributed by atoms with Crippen molar-refractivity contribution < 1.29 is 0 Å². The lowest BCUT2D eigenvalue weighted by Crippen LogP contribution is -1.74. The highest BCUT2D eigenvalue weighted by Gasteiger charge is 1.75. The monoisotopic (exact) mass is 128 g/mol. The summed E-state index contributed by atoms with van der Waals surface area (Å²) in [6.45, 7) is 0. The van der Waals surface area contributed by atoms with Crippen LogP contribution in [0.4, 0.5) is 0 Å². The van der Waals surface area contributed by atoms with Gasteiger partial charge >= 0.3 is 0 Å². The van der Waals surface area contributed by atoms with E-state index < -0.39 is 0 Å². The van der Waals surface area contributed by atoms with Crippen LogP contribution in [0.25, 0.3) is 6.20 Å². The lowest BCUT2D eigenvalue weighted by Gasteiger charge is -1.82. The summed E-state index contributed by atoms with van der Waals surface area (Å²) < 4.78 is 1.76. The Labute approximate surface area is 52.4 Å². The number of nitrogens with zero attached hydrogens (tertiary/aromatic N) is 2. The molecular weight excluding hydrogens is 124 g/mol. The highest BCUT2D eigenvalue weighted by Crippen LogP contribution is 1.87. The molecule has 0 unspecified atom stereocenters. The standard InChI is InChI=1S/C5H5ClN2/c6-1-3-8-4-2-7-5-8/h1-5H. The smallest absolute Gasteiger partial charge is 0.0987 e. The molecule has 0 aromatic carbocycles. The van der Waals surface area contributed by atoms with Crippen molar-refractivity contribution in [2.75, 3.05) is 0 Å². The second kappa shape index (κ2) is 2.52. The summed E-state index contributed by atoms with van der Waals surface area (Å²) in [6.07, 6.45) is 6.86. The van der Waals surface area contributed by atoms with Crippen molar-refractivity contribution >= 4 is 17.8 Å². The molecular formula is C5H5ClN2. The first-order valence-corrected chi connectivity index (χ1v) is 2.61. The van der Waals surface area contributed by atoms with E-state index in [1.54, 1.807) is 29.5 Å². The van der Waals surface area contributed by atoms with Crippen LogP contribution in [0.3, 0.4) is 0 Å². The predicted molar refractivity (Wildman–Crippen MR) is 33.4 cm³/mol. The van der Waals surface area contributed by atoms with Crippen LogP contribution < -0.4 is 0 Å². The molecule has 0 aliphatic carbocycles. The number of hydrogen-bond acceptors (Lipinski definition) is 1. The first kappa shape index (κ1) is 5.38. The lowest BCUT2D eigenvalue weighted by atomic mass is 10.9. The third kappa shape index (κ3) is 1.10. The van der Waals surface area contributed by atoms with E-state index in [9.17, 15) is 0 Å². The fourth-order valence-corrected chi connectivity index (χ4v) is 0.553. The molecule has 0 amide bonds. The summed E-state index contributed by atoms with van der Waals surface area (Å²) in [5, 5.41) is 0. The largest absolute Gasteiger partial charge is 0.312 e. The molecule has 2 nitrogen and oxygen atoms in total. The van der Waals surface area contributed by atoms with E-state index in [4.69, 9.17) is 11.6 Å². The Morgan fingerprint density at radius 3 is 3.00 bits per heavy atom. The Morgan fingerprint density at radius 1 is 1.62 bits per heavy atom. The Morgan fingerprint density at radius 2 is 2.50 bits per heavy atom. The second-order valence-electron chi connectivity index (χ2n) is 1.28. The Hall–Kier alpha value is -0.760. The molecule has 0 aliphatic rings. The van der Waals surface area contributed by atoms with Gasteiger partial charge in [0.1, 0.15) is 0 Å². The van der Waals surface area contributed by atoms with E-state index in [1.165, 1.54) is 5.54 Å². The first-order valence-electron chi connectivity index (χ1n) is 2.18. The van der Waals surface area contributed by atoms with E-state index in [0.29, 0.717) is 0 Å². The predicted octanol–water partition coefficient (Wildman–Crippen LogP) is 1.55. The fraction of sp³-hybridized carbons (Fsp3) is 0. The van der Waals surface area contributed by atoms with Crippen LogP contribution in [-0.2, 0) is 0 Å². The molecule has 8 heavy (non-hydrogen) atoms. The van der Waals surface area contributed by atoms with Gasteiger partial charge in [0.15, 0.2) is 0 Å². The zero-order valence-corrected chi connectivity index (χ0v) is 4.92. The number of hydrogen-bond donors (Lipinski definition) is 0. The van der Waals surface area contributed by atoms with Crippen LogP contribution in [-0.4, -0.2) is 9.55 Å². The molecule has 1 aromatic heterocycles. The van der Waals surface area contributed by atoms with E-state index in [2.05, 4.69) is 4.98 Å². The SMILES string of the molecule is ClC=Cn1ccnc1. The van der Waals surface area contributed by atoms with Gasteiger partial charge in [0.05, 0.1) is 6.33 Å². The van der Waals surface area contributed by atoms with E-state index in [0.717, 1.165) is 0 Å². The summed E-state index contributed by atoms with van der Waals surface area (Å²) in [4.78, 5) is 3.79. The van der Waals surface area contributed by atoms with Crippen molar-refractivity contribution in [3.63, 3.8) is 0 Å². The van der Waals surface area contributed by atoms with Gasteiger partial charge < -0.3 is 4.57 Å². The third-order valence-corrected chi connectivity index (χ3v) is 0.866. The van der Waals surface area contributed by atoms with Gasteiger partial charge in [-0.2, -0.15) is 0 Å². The minimum atomic E-state index is 1.43. The summed E-state index contributed by atoms with van der Waals surface area (Å²) in [6, 6.07) is 0. The summed E-state index contributed by atoms with van der Waals surface area (Å²) >= 11 is 5.26. The zero-order chi connectivity index (χ0) is 5.82. The molecule has 1 aromatic rings. The summed E-state index contributed by atoms with van der Waals surface area (Å²) in [5.41, 5.74) is 1.43. The molecule has 0 fully saturated rings. The minimum Gasteiger partial charge on any atom is -0.312 e. The average Bonchev–Trinajstić information content (AvgIpc) is 2.19. The lowest BCUT2D eigenvalue weighted by molar-refractivity contribution is 1.14. The van der Waals surface area contributed by atoms with Gasteiger partial charge in [-0.25, -0.2) is 4.98 Å². The van der Waals surface area contributed by atoms with Gasteiger partial charge in [0.25, 0.3) is 0 Å². The molecule has 0 spiro atoms. The van der Waals surface area contributed by atoms with Crippen LogP contribution in [0.15, 0.2) is 24.3 Å². The van der Waals surface area contributed by atoms with Crippen LogP contribution in [0.2, 0.25) is 0 Å². The van der Waals surface area contributed by atoms with Crippen molar-refractivity contribution in [2.24, 2.45) is 0 Å². The molecule has 0 radical (unpaired) electrons. The summed E-state index contributed by atoms with van der Waals surface area (Å²) in [5.74, 6) is 0. The number of aromatic nitrogens is 2. The molecule has 3 heteroatoms. The van der Waals surface area contributed by atoms with Crippen LogP contribution in [0.1, 0.15) is 0 Å². The van der Waals surface area contributed by atoms with Crippen LogP contribution in [0.5, 0.6) is 0 Å². The Balaban J connectivity index is 2.77. The highest BCUT2D eigenvalue weighted by molar-refractivity contribution is 6.26.